The Morgan fingerprint density at radius 2 is 1.56 bits per heavy atom. The number of carbonyl (C=O) groups is 1. The van der Waals surface area contributed by atoms with Crippen LogP contribution in [0, 0.1) is 4.91 Å². The van der Waals surface area contributed by atoms with Gasteiger partial charge in [-0.1, -0.05) is 78.3 Å². The molecule has 4 aromatic carbocycles. The van der Waals surface area contributed by atoms with Crippen LogP contribution in [0.15, 0.2) is 90.1 Å². The molecule has 4 rings (SSSR count). The number of halogens is 1. The zero-order valence-corrected chi connectivity index (χ0v) is 17.7. The predicted octanol–water partition coefficient (Wildman–Crippen LogP) is 6.26. The van der Waals surface area contributed by atoms with Crippen molar-refractivity contribution in [2.75, 3.05) is 10.6 Å². The molecule has 32 heavy (non-hydrogen) atoms. The largest absolute Gasteiger partial charge is 0.505 e. The third-order valence-corrected chi connectivity index (χ3v) is 5.48. The monoisotopic (exact) mass is 445 g/mol. The quantitative estimate of drug-likeness (QED) is 0.231. The Hall–Kier alpha value is -3.90. The summed E-state index contributed by atoms with van der Waals surface area (Å²) in [6.45, 7) is 0. The van der Waals surface area contributed by atoms with Gasteiger partial charge in [0, 0.05) is 17.2 Å². The van der Waals surface area contributed by atoms with Crippen molar-refractivity contribution in [2.45, 2.75) is 12.5 Å². The van der Waals surface area contributed by atoms with Gasteiger partial charge in [0.25, 0.3) is 0 Å². The first-order chi connectivity index (χ1) is 15.6. The van der Waals surface area contributed by atoms with Crippen LogP contribution in [0.3, 0.4) is 0 Å². The molecule has 1 amide bonds. The summed E-state index contributed by atoms with van der Waals surface area (Å²) in [5.41, 5.74) is 1.82. The molecule has 0 heterocycles. The first kappa shape index (κ1) is 21.3. The highest BCUT2D eigenvalue weighted by Gasteiger charge is 2.22. The third kappa shape index (κ3) is 4.55. The summed E-state index contributed by atoms with van der Waals surface area (Å²) in [4.78, 5) is 24.6. The van der Waals surface area contributed by atoms with Gasteiger partial charge in [-0.15, -0.1) is 4.91 Å². The second-order valence-electron chi connectivity index (χ2n) is 7.28. The summed E-state index contributed by atoms with van der Waals surface area (Å²) in [5, 5.41) is 21.3. The lowest BCUT2D eigenvalue weighted by Crippen LogP contribution is -2.36. The molecule has 3 N–H and O–H groups in total. The SMILES string of the molecule is O=Nc1cc(NC(Cc2ccccc2)C(=O)Nc2ccccc2Cl)c(O)c2ccccc12. The minimum Gasteiger partial charge on any atom is -0.505 e. The third-order valence-electron chi connectivity index (χ3n) is 5.15. The lowest BCUT2D eigenvalue weighted by atomic mass is 10.0. The molecule has 0 aromatic heterocycles. The van der Waals surface area contributed by atoms with Crippen LogP contribution in [-0.4, -0.2) is 17.1 Å². The number of nitrogens with one attached hydrogen (secondary N) is 2. The number of nitrogens with zero attached hydrogens (tertiary/aromatic N) is 1. The highest BCUT2D eigenvalue weighted by Crippen LogP contribution is 2.39. The topological polar surface area (TPSA) is 90.8 Å². The van der Waals surface area contributed by atoms with Crippen LogP contribution >= 0.6 is 11.6 Å². The fraction of sp³-hybridized carbons (Fsp3) is 0.0800. The van der Waals surface area contributed by atoms with Crippen molar-refractivity contribution in [3.8, 4) is 5.75 Å². The number of benzene rings is 4. The van der Waals surface area contributed by atoms with Crippen LogP contribution in [0.1, 0.15) is 5.56 Å². The summed E-state index contributed by atoms with van der Waals surface area (Å²) in [5.74, 6) is -0.397. The number of amides is 1. The van der Waals surface area contributed by atoms with E-state index in [0.29, 0.717) is 27.9 Å². The molecule has 0 bridgehead atoms. The van der Waals surface area contributed by atoms with Crippen LogP contribution in [-0.2, 0) is 11.2 Å². The van der Waals surface area contributed by atoms with E-state index in [4.69, 9.17) is 11.6 Å². The molecule has 1 atom stereocenters. The van der Waals surface area contributed by atoms with Crippen molar-refractivity contribution in [1.82, 2.24) is 0 Å². The van der Waals surface area contributed by atoms with E-state index in [1.54, 1.807) is 48.5 Å². The lowest BCUT2D eigenvalue weighted by Gasteiger charge is -2.21. The summed E-state index contributed by atoms with van der Waals surface area (Å²) in [6, 6.07) is 24.1. The molecule has 4 aromatic rings. The van der Waals surface area contributed by atoms with E-state index >= 15 is 0 Å². The molecule has 0 aliphatic rings. The van der Waals surface area contributed by atoms with Crippen LogP contribution < -0.4 is 10.6 Å². The van der Waals surface area contributed by atoms with Gasteiger partial charge < -0.3 is 15.7 Å². The number of rotatable bonds is 7. The molecule has 6 nitrogen and oxygen atoms in total. The maximum Gasteiger partial charge on any atom is 0.247 e. The smallest absolute Gasteiger partial charge is 0.247 e. The molecule has 0 saturated heterocycles. The second-order valence-corrected chi connectivity index (χ2v) is 7.69. The highest BCUT2D eigenvalue weighted by atomic mass is 35.5. The number of para-hydroxylation sites is 1. The minimum absolute atomic E-state index is 0.0587. The highest BCUT2D eigenvalue weighted by molar-refractivity contribution is 6.33. The fourth-order valence-corrected chi connectivity index (χ4v) is 3.74. The van der Waals surface area contributed by atoms with Crippen LogP contribution in [0.4, 0.5) is 17.1 Å². The number of hydrogen-bond donors (Lipinski definition) is 3. The zero-order valence-electron chi connectivity index (χ0n) is 17.0. The molecule has 0 aliphatic carbocycles. The van der Waals surface area contributed by atoms with Crippen molar-refractivity contribution in [3.63, 3.8) is 0 Å². The standard InChI is InChI=1S/C25H20ClN3O3/c26-19-12-6-7-13-20(19)28-25(31)23(14-16-8-2-1-3-9-16)27-22-15-21(29-32)17-10-4-5-11-18(17)24(22)30/h1-13,15,23,27,30H,14H2,(H,28,31). The molecule has 0 fully saturated rings. The summed E-state index contributed by atoms with van der Waals surface area (Å²) < 4.78 is 0. The Morgan fingerprint density at radius 3 is 2.28 bits per heavy atom. The second kappa shape index (κ2) is 9.49. The first-order valence-electron chi connectivity index (χ1n) is 10.0. The number of aromatic hydroxyl groups is 1. The number of carbonyl (C=O) groups excluding carboxylic acids is 1. The van der Waals surface area contributed by atoms with Crippen LogP contribution in [0.2, 0.25) is 5.02 Å². The van der Waals surface area contributed by atoms with E-state index < -0.39 is 6.04 Å². The van der Waals surface area contributed by atoms with Gasteiger partial charge in [0.2, 0.25) is 5.91 Å². The molecule has 0 aliphatic heterocycles. The van der Waals surface area contributed by atoms with Crippen molar-refractivity contribution < 1.29 is 9.90 Å². The van der Waals surface area contributed by atoms with Crippen molar-refractivity contribution in [3.05, 3.63) is 100 Å². The Morgan fingerprint density at radius 1 is 0.906 bits per heavy atom. The maximum absolute atomic E-state index is 13.2. The Labute approximate surface area is 189 Å². The Bertz CT molecular complexity index is 1280. The summed E-state index contributed by atoms with van der Waals surface area (Å²) in [6.07, 6.45) is 0.341. The van der Waals surface area contributed by atoms with E-state index in [1.807, 2.05) is 30.3 Å². The maximum atomic E-state index is 13.2. The summed E-state index contributed by atoms with van der Waals surface area (Å²) in [7, 11) is 0. The van der Waals surface area contributed by atoms with Gasteiger partial charge in [0.1, 0.15) is 17.5 Å². The number of nitroso groups, excluding NO2 is 1. The van der Waals surface area contributed by atoms with E-state index in [9.17, 15) is 14.8 Å². The zero-order chi connectivity index (χ0) is 22.5. The number of anilines is 2. The lowest BCUT2D eigenvalue weighted by molar-refractivity contribution is -0.116. The molecule has 1 unspecified atom stereocenters. The first-order valence-corrected chi connectivity index (χ1v) is 10.4. The van der Waals surface area contributed by atoms with Gasteiger partial charge in [-0.2, -0.15) is 0 Å². The van der Waals surface area contributed by atoms with Gasteiger partial charge >= 0.3 is 0 Å². The van der Waals surface area contributed by atoms with E-state index in [1.165, 1.54) is 6.07 Å². The average Bonchev–Trinajstić information content (AvgIpc) is 2.82. The van der Waals surface area contributed by atoms with Crippen LogP contribution in [0.25, 0.3) is 10.8 Å². The normalized spacial score (nSPS) is 11.7. The van der Waals surface area contributed by atoms with Crippen LogP contribution in [0.5, 0.6) is 5.75 Å². The van der Waals surface area contributed by atoms with E-state index in [-0.39, 0.29) is 23.0 Å². The molecule has 160 valence electrons. The predicted molar refractivity (Wildman–Crippen MR) is 129 cm³/mol. The molecular formula is C25H20ClN3O3. The number of phenols is 1. The number of hydrogen-bond acceptors (Lipinski definition) is 5. The molecule has 0 radical (unpaired) electrons. The Balaban J connectivity index is 1.70. The molecule has 0 saturated carbocycles. The van der Waals surface area contributed by atoms with Gasteiger partial charge in [-0.25, -0.2) is 0 Å². The average molecular weight is 446 g/mol. The number of phenolic OH excluding ortho intramolecular Hbond substituents is 1. The van der Waals surface area contributed by atoms with Crippen molar-refractivity contribution in [2.24, 2.45) is 5.18 Å². The summed E-state index contributed by atoms with van der Waals surface area (Å²) >= 11 is 6.20. The van der Waals surface area contributed by atoms with Gasteiger partial charge in [-0.3, -0.25) is 4.79 Å². The number of fused-ring (bicyclic) bond motifs is 1. The molecule has 0 spiro atoms. The van der Waals surface area contributed by atoms with Gasteiger partial charge in [0.15, 0.2) is 0 Å². The van der Waals surface area contributed by atoms with Crippen molar-refractivity contribution in [1.29, 1.82) is 0 Å². The van der Waals surface area contributed by atoms with Crippen molar-refractivity contribution >= 4 is 45.3 Å². The molecule has 7 heteroatoms. The molecular weight excluding hydrogens is 426 g/mol. The van der Waals surface area contributed by atoms with E-state index in [2.05, 4.69) is 15.8 Å². The fourth-order valence-electron chi connectivity index (χ4n) is 3.56. The minimum atomic E-state index is -0.764. The van der Waals surface area contributed by atoms with Gasteiger partial charge in [0.05, 0.1) is 16.4 Å². The van der Waals surface area contributed by atoms with E-state index in [0.717, 1.165) is 5.56 Å². The Kier molecular flexibility index (Phi) is 6.33. The van der Waals surface area contributed by atoms with Gasteiger partial charge in [-0.05, 0) is 28.9 Å².